The van der Waals surface area contributed by atoms with Crippen molar-refractivity contribution in [2.24, 2.45) is 0 Å². The summed E-state index contributed by atoms with van der Waals surface area (Å²) in [5.41, 5.74) is 0. The monoisotopic (exact) mass is 734 g/mol. The highest BCUT2D eigenvalue weighted by molar-refractivity contribution is 7.97. The van der Waals surface area contributed by atoms with Crippen LogP contribution in [0.4, 0.5) is 13.2 Å². The lowest BCUT2D eigenvalue weighted by Crippen LogP contribution is -2.37. The van der Waals surface area contributed by atoms with E-state index < -0.39 is 22.3 Å². The molecule has 0 atom stereocenters. The first-order chi connectivity index (χ1) is 23.8. The fourth-order valence-corrected chi connectivity index (χ4v) is 8.36. The Labute approximate surface area is 296 Å². The van der Waals surface area contributed by atoms with Crippen LogP contribution in [-0.4, -0.2) is 31.4 Å². The van der Waals surface area contributed by atoms with Crippen LogP contribution in [0.3, 0.4) is 0 Å². The molecule has 6 rings (SSSR count). The third kappa shape index (κ3) is 14.4. The molecule has 0 unspecified atom stereocenters. The smallest absolute Gasteiger partial charge is 0.430 e. The predicted octanol–water partition coefficient (Wildman–Crippen LogP) is 8.02. The van der Waals surface area contributed by atoms with Crippen LogP contribution in [0.5, 0.6) is 0 Å². The summed E-state index contributed by atoms with van der Waals surface area (Å²) >= 11 is 0. The fraction of sp³-hybridized carbons (Fsp3) is 0.0513. The Morgan fingerprint density at radius 1 is 0.460 bits per heavy atom. The van der Waals surface area contributed by atoms with Gasteiger partial charge in [-0.1, -0.05) is 109 Å². The van der Waals surface area contributed by atoms with Crippen molar-refractivity contribution in [1.82, 2.24) is 0 Å². The van der Waals surface area contributed by atoms with Crippen LogP contribution in [0.15, 0.2) is 211 Å². The Balaban J connectivity index is 0.000000206. The lowest BCUT2D eigenvalue weighted by atomic mass is 10.4. The number of aliphatic carboxylic acids is 1. The van der Waals surface area contributed by atoms with Gasteiger partial charge in [0.25, 0.3) is 0 Å². The molecule has 0 aromatic heterocycles. The molecule has 0 saturated heterocycles. The predicted molar refractivity (Wildman–Crippen MR) is 190 cm³/mol. The van der Waals surface area contributed by atoms with Crippen molar-refractivity contribution < 1.29 is 36.0 Å². The van der Waals surface area contributed by atoms with Gasteiger partial charge >= 0.3 is 6.18 Å². The molecular formula is C39H33F3O5S3. The summed E-state index contributed by atoms with van der Waals surface area (Å²) in [6.45, 7) is 0. The zero-order valence-electron chi connectivity index (χ0n) is 26.7. The van der Waals surface area contributed by atoms with E-state index in [2.05, 4.69) is 182 Å². The number of carbonyl (C=O) groups excluding carboxylic acids is 1. The van der Waals surface area contributed by atoms with Gasteiger partial charge in [-0.05, 0) is 72.8 Å². The van der Waals surface area contributed by atoms with Crippen LogP contribution in [0.25, 0.3) is 0 Å². The summed E-state index contributed by atoms with van der Waals surface area (Å²) < 4.78 is 58.8. The lowest BCUT2D eigenvalue weighted by Gasteiger charge is -2.07. The Hall–Kier alpha value is -4.81. The highest BCUT2D eigenvalue weighted by atomic mass is 32.2. The van der Waals surface area contributed by atoms with Crippen LogP contribution in [0.2, 0.25) is 0 Å². The maximum atomic E-state index is 10.5. The summed E-state index contributed by atoms with van der Waals surface area (Å²) in [5, 5.41) is 8.78. The normalized spacial score (nSPS) is 10.8. The van der Waals surface area contributed by atoms with Gasteiger partial charge in [0.1, 0.15) is 5.97 Å². The molecule has 0 heterocycles. The molecule has 0 aliphatic heterocycles. The molecule has 11 heteroatoms. The van der Waals surface area contributed by atoms with Gasteiger partial charge in [0.15, 0.2) is 29.4 Å². The van der Waals surface area contributed by atoms with Gasteiger partial charge in [-0.25, -0.2) is 8.42 Å². The molecule has 6 aromatic carbocycles. The maximum absolute atomic E-state index is 10.5. The van der Waals surface area contributed by atoms with E-state index in [1.165, 1.54) is 29.4 Å². The van der Waals surface area contributed by atoms with E-state index in [-0.39, 0.29) is 21.8 Å². The standard InChI is InChI=1S/2C18H15S.C2HF3O2.CH4O3S/c2*1-4-10-16(11-5-1)19(17-12-6-2-7-13-17)18-14-8-3-9-15-18;3-2(4,5)1(6)7;1-5(2,3)4/h2*1-15H;(H,6,7);1H3,(H,2,3,4)/q2*+1;;/p-2. The zero-order valence-corrected chi connectivity index (χ0v) is 29.2. The molecule has 0 saturated carbocycles. The molecular weight excluding hydrogens is 702 g/mol. The van der Waals surface area contributed by atoms with Crippen molar-refractivity contribution in [1.29, 1.82) is 0 Å². The van der Waals surface area contributed by atoms with Gasteiger partial charge in [-0.15, -0.1) is 0 Å². The van der Waals surface area contributed by atoms with E-state index in [9.17, 15) is 13.2 Å². The molecule has 0 radical (unpaired) electrons. The number of carboxylic acids is 1. The van der Waals surface area contributed by atoms with Crippen molar-refractivity contribution in [3.8, 4) is 0 Å². The molecule has 0 fully saturated rings. The molecule has 0 amide bonds. The van der Waals surface area contributed by atoms with E-state index in [1.54, 1.807) is 0 Å². The highest BCUT2D eigenvalue weighted by Crippen LogP contribution is 2.31. The molecule has 50 heavy (non-hydrogen) atoms. The van der Waals surface area contributed by atoms with Crippen molar-refractivity contribution in [3.63, 3.8) is 0 Å². The number of hydrogen-bond donors (Lipinski definition) is 0. The second-order valence-corrected chi connectivity index (χ2v) is 15.4. The molecule has 0 spiro atoms. The second-order valence-electron chi connectivity index (χ2n) is 9.98. The third-order valence-corrected chi connectivity index (χ3v) is 10.6. The van der Waals surface area contributed by atoms with Crippen molar-refractivity contribution in [3.05, 3.63) is 182 Å². The van der Waals surface area contributed by atoms with Crippen molar-refractivity contribution in [2.45, 2.75) is 35.5 Å². The SMILES string of the molecule is CS(=O)(=O)[O-].O=C([O-])C(F)(F)F.c1ccc([S+](c2ccccc2)c2ccccc2)cc1.c1ccc([S+](c2ccccc2)c2ccccc2)cc1. The largest absolute Gasteiger partial charge is 0.748 e. The summed E-state index contributed by atoms with van der Waals surface area (Å²) in [6.07, 6.45) is -4.59. The zero-order chi connectivity index (χ0) is 36.4. The van der Waals surface area contributed by atoms with Gasteiger partial charge in [0.05, 0.1) is 31.9 Å². The van der Waals surface area contributed by atoms with Crippen molar-refractivity contribution in [2.75, 3.05) is 6.26 Å². The van der Waals surface area contributed by atoms with Gasteiger partial charge in [0, 0.05) is 6.26 Å². The summed E-state index contributed by atoms with van der Waals surface area (Å²) in [6, 6.07) is 64.3. The minimum Gasteiger partial charge on any atom is -0.748 e. The Morgan fingerprint density at radius 3 is 0.680 bits per heavy atom. The molecule has 258 valence electrons. The minimum atomic E-state index is -5.19. The number of rotatable bonds is 6. The first-order valence-corrected chi connectivity index (χ1v) is 19.1. The topological polar surface area (TPSA) is 97.3 Å². The Morgan fingerprint density at radius 2 is 0.580 bits per heavy atom. The van der Waals surface area contributed by atoms with E-state index >= 15 is 0 Å². The van der Waals surface area contributed by atoms with Gasteiger partial charge in [-0.2, -0.15) is 13.2 Å². The summed E-state index contributed by atoms with van der Waals surface area (Å²) in [4.78, 5) is 17.0. The summed E-state index contributed by atoms with van der Waals surface area (Å²) in [7, 11) is -3.95. The van der Waals surface area contributed by atoms with Gasteiger partial charge < -0.3 is 14.5 Å². The van der Waals surface area contributed by atoms with Crippen LogP contribution < -0.4 is 5.11 Å². The van der Waals surface area contributed by atoms with Crippen LogP contribution in [0, 0.1) is 0 Å². The molecule has 0 bridgehead atoms. The van der Waals surface area contributed by atoms with Gasteiger partial charge in [0.2, 0.25) is 0 Å². The Kier molecular flexibility index (Phi) is 15.9. The number of carboxylic acid groups (broad SMARTS) is 1. The van der Waals surface area contributed by atoms with E-state index in [4.69, 9.17) is 22.9 Å². The van der Waals surface area contributed by atoms with Gasteiger partial charge in [-0.3, -0.25) is 0 Å². The highest BCUT2D eigenvalue weighted by Gasteiger charge is 2.29. The van der Waals surface area contributed by atoms with Crippen LogP contribution in [-0.2, 0) is 36.7 Å². The first-order valence-electron chi connectivity index (χ1n) is 14.8. The van der Waals surface area contributed by atoms with E-state index in [0.29, 0.717) is 6.26 Å². The minimum absolute atomic E-state index is 0.0146. The van der Waals surface area contributed by atoms with Crippen molar-refractivity contribution >= 4 is 37.9 Å². The maximum Gasteiger partial charge on any atom is 0.430 e. The number of benzene rings is 6. The Bertz CT molecular complexity index is 1620. The average Bonchev–Trinajstić information content (AvgIpc) is 3.11. The average molecular weight is 735 g/mol. The molecule has 5 nitrogen and oxygen atoms in total. The summed E-state index contributed by atoms with van der Waals surface area (Å²) in [5.74, 6) is -3.01. The molecule has 0 N–H and O–H groups in total. The molecule has 6 aromatic rings. The van der Waals surface area contributed by atoms with E-state index in [0.717, 1.165) is 0 Å². The van der Waals surface area contributed by atoms with E-state index in [1.807, 2.05) is 0 Å². The number of alkyl halides is 3. The molecule has 0 aliphatic rings. The fourth-order valence-electron chi connectivity index (χ4n) is 4.16. The lowest BCUT2D eigenvalue weighted by molar-refractivity contribution is -0.344. The van der Waals surface area contributed by atoms with Crippen LogP contribution in [0.1, 0.15) is 0 Å². The van der Waals surface area contributed by atoms with Crippen LogP contribution >= 0.6 is 0 Å². The second kappa shape index (κ2) is 20.0. The number of hydrogen-bond acceptors (Lipinski definition) is 5. The number of halogens is 3. The first kappa shape index (κ1) is 39.6. The third-order valence-electron chi connectivity index (χ3n) is 6.10. The number of carbonyl (C=O) groups is 1. The quantitative estimate of drug-likeness (QED) is 0.128. The molecule has 0 aliphatic carbocycles.